The third-order valence-corrected chi connectivity index (χ3v) is 6.80. The van der Waals surface area contributed by atoms with Crippen LogP contribution in [0.1, 0.15) is 144 Å². The van der Waals surface area contributed by atoms with Crippen LogP contribution in [0.2, 0.25) is 0 Å². The molecule has 0 spiro atoms. The number of hydrogen-bond donors (Lipinski definition) is 0. The minimum Gasteiger partial charge on any atom is -0.550 e. The van der Waals surface area contributed by atoms with E-state index in [0.29, 0.717) is 11.8 Å². The molecule has 0 aliphatic rings. The Morgan fingerprint density at radius 1 is 0.545 bits per heavy atom. The van der Waals surface area contributed by atoms with Crippen LogP contribution in [0.5, 0.6) is 0 Å². The van der Waals surface area contributed by atoms with Gasteiger partial charge in [-0.2, -0.15) is 0 Å². The van der Waals surface area contributed by atoms with Crippen LogP contribution in [0.4, 0.5) is 0 Å². The molecule has 194 valence electrons. The smallest absolute Gasteiger partial charge is 0.550 e. The summed E-state index contributed by atoms with van der Waals surface area (Å²) in [5, 5.41) is 22.0. The first-order valence-corrected chi connectivity index (χ1v) is 13.7. The number of rotatable bonds is 20. The van der Waals surface area contributed by atoms with Gasteiger partial charge in [0.05, 0.1) is 0 Å². The second-order valence-corrected chi connectivity index (χ2v) is 9.62. The van der Waals surface area contributed by atoms with Gasteiger partial charge in [0.15, 0.2) is 0 Å². The Morgan fingerprint density at radius 3 is 1.03 bits per heavy atom. The van der Waals surface area contributed by atoms with Crippen molar-refractivity contribution in [2.75, 3.05) is 0 Å². The van der Waals surface area contributed by atoms with Crippen molar-refractivity contribution in [3.05, 3.63) is 0 Å². The summed E-state index contributed by atoms with van der Waals surface area (Å²) >= 11 is 0. The molecule has 33 heavy (non-hydrogen) atoms. The van der Waals surface area contributed by atoms with Gasteiger partial charge < -0.3 is 19.8 Å². The van der Waals surface area contributed by atoms with E-state index in [1.165, 1.54) is 38.5 Å². The monoisotopic (exact) mass is 574 g/mol. The molecule has 0 N–H and O–H groups in total. The number of aliphatic carboxylic acids is 2. The van der Waals surface area contributed by atoms with Crippen LogP contribution in [-0.4, -0.2) is 35.8 Å². The second-order valence-electron chi connectivity index (χ2n) is 9.62. The summed E-state index contributed by atoms with van der Waals surface area (Å²) in [4.78, 5) is 22.0. The number of carboxylic acid groups (broad SMARTS) is 2. The summed E-state index contributed by atoms with van der Waals surface area (Å²) in [7, 11) is 0. The van der Waals surface area contributed by atoms with Crippen molar-refractivity contribution >= 4 is 35.8 Å². The summed E-state index contributed by atoms with van der Waals surface area (Å²) < 4.78 is 0. The molecule has 0 aromatic heterocycles. The Morgan fingerprint density at radius 2 is 0.818 bits per heavy atom. The number of hydrogen-bond acceptors (Lipinski definition) is 4. The van der Waals surface area contributed by atoms with E-state index in [0.717, 1.165) is 64.2 Å². The largest absolute Gasteiger partial charge is 2.00 e. The summed E-state index contributed by atoms with van der Waals surface area (Å²) in [6.45, 7) is 12.9. The Balaban J connectivity index is -0.000000529. The number of carbonyl (C=O) groups excluding carboxylic acids is 2. The van der Waals surface area contributed by atoms with Crippen LogP contribution in [0.3, 0.4) is 0 Å². The molecule has 0 bridgehead atoms. The summed E-state index contributed by atoms with van der Waals surface area (Å²) in [6, 6.07) is 0. The average Bonchev–Trinajstić information content (AvgIpc) is 2.78. The average molecular weight is 573 g/mol. The van der Waals surface area contributed by atoms with Gasteiger partial charge in [0.25, 0.3) is 0 Å². The molecule has 4 atom stereocenters. The van der Waals surface area contributed by atoms with Crippen molar-refractivity contribution in [2.24, 2.45) is 23.7 Å². The van der Waals surface area contributed by atoms with Gasteiger partial charge >= 0.3 is 23.9 Å². The molecule has 0 rings (SSSR count). The van der Waals surface area contributed by atoms with Gasteiger partial charge in [-0.3, -0.25) is 0 Å². The van der Waals surface area contributed by atoms with E-state index in [4.69, 9.17) is 0 Å². The fourth-order valence-electron chi connectivity index (χ4n) is 4.33. The molecular formula is C28H54O4Sn. The van der Waals surface area contributed by atoms with Gasteiger partial charge in [0.2, 0.25) is 0 Å². The molecule has 4 nitrogen and oxygen atoms in total. The predicted molar refractivity (Wildman–Crippen MR) is 138 cm³/mol. The first-order chi connectivity index (χ1) is 15.3. The summed E-state index contributed by atoms with van der Waals surface area (Å²) in [5.41, 5.74) is 0. The Labute approximate surface area is 223 Å². The first kappa shape index (κ1) is 37.3. The molecule has 0 aromatic carbocycles. The molecule has 4 unspecified atom stereocenters. The van der Waals surface area contributed by atoms with Crippen molar-refractivity contribution in [2.45, 2.75) is 144 Å². The molecule has 0 heterocycles. The van der Waals surface area contributed by atoms with Crippen LogP contribution in [0.15, 0.2) is 0 Å². The number of carbonyl (C=O) groups is 2. The molecule has 0 aliphatic carbocycles. The number of carboxylic acids is 2. The van der Waals surface area contributed by atoms with Crippen molar-refractivity contribution in [3.8, 4) is 0 Å². The Kier molecular flexibility index (Phi) is 29.8. The van der Waals surface area contributed by atoms with Crippen molar-refractivity contribution < 1.29 is 19.8 Å². The van der Waals surface area contributed by atoms with E-state index in [1.807, 2.05) is 0 Å². The Hall–Kier alpha value is -0.261. The minimum atomic E-state index is -0.844. The molecule has 0 amide bonds. The molecule has 0 saturated heterocycles. The van der Waals surface area contributed by atoms with Crippen LogP contribution >= 0.6 is 0 Å². The SMILES string of the molecule is CCCCC(CC)CC(CCCC)C(=O)[O-].CCCCC(CC)CC(CCCC)C(=O)[O-].[Sn+2]. The van der Waals surface area contributed by atoms with Crippen LogP contribution in [0, 0.1) is 23.7 Å². The predicted octanol–water partition coefficient (Wildman–Crippen LogP) is 5.92. The molecule has 0 saturated carbocycles. The summed E-state index contributed by atoms with van der Waals surface area (Å²) in [6.07, 6.45) is 16.7. The Bertz CT molecular complexity index is 402. The molecule has 0 aliphatic heterocycles. The van der Waals surface area contributed by atoms with Gasteiger partial charge in [-0.05, 0) is 49.4 Å². The zero-order chi connectivity index (χ0) is 24.8. The maximum absolute atomic E-state index is 11.0. The van der Waals surface area contributed by atoms with E-state index < -0.39 is 11.9 Å². The number of unbranched alkanes of at least 4 members (excludes halogenated alkanes) is 4. The minimum absolute atomic E-state index is 0. The normalized spacial score (nSPS) is 14.2. The molecule has 0 fully saturated rings. The maximum Gasteiger partial charge on any atom is 2.00 e. The fourth-order valence-corrected chi connectivity index (χ4v) is 4.33. The standard InChI is InChI=1S/2C14H28O2.Sn/c2*1-4-7-9-12(6-3)11-13(14(15)16)10-8-5-2;/h2*12-13H,4-11H2,1-3H3,(H,15,16);/q;;+2/p-2. The van der Waals surface area contributed by atoms with Gasteiger partial charge in [0.1, 0.15) is 0 Å². The first-order valence-electron chi connectivity index (χ1n) is 13.7. The van der Waals surface area contributed by atoms with Gasteiger partial charge in [-0.25, -0.2) is 0 Å². The second kappa shape index (κ2) is 26.3. The zero-order valence-electron chi connectivity index (χ0n) is 22.8. The quantitative estimate of drug-likeness (QED) is 0.170. The fraction of sp³-hybridized carbons (Fsp3) is 0.929. The summed E-state index contributed by atoms with van der Waals surface area (Å²) in [5.74, 6) is -0.991. The maximum atomic E-state index is 11.0. The van der Waals surface area contributed by atoms with Crippen LogP contribution in [0.25, 0.3) is 0 Å². The van der Waals surface area contributed by atoms with Gasteiger partial charge in [-0.1, -0.05) is 119 Å². The zero-order valence-corrected chi connectivity index (χ0v) is 25.6. The molecule has 2 radical (unpaired) electrons. The third-order valence-electron chi connectivity index (χ3n) is 6.80. The van der Waals surface area contributed by atoms with Crippen molar-refractivity contribution in [3.63, 3.8) is 0 Å². The van der Waals surface area contributed by atoms with E-state index in [9.17, 15) is 19.8 Å². The van der Waals surface area contributed by atoms with Gasteiger partial charge in [0, 0.05) is 11.9 Å². The molecule has 0 aromatic rings. The van der Waals surface area contributed by atoms with E-state index in [2.05, 4.69) is 41.5 Å². The molecular weight excluding hydrogens is 519 g/mol. The van der Waals surface area contributed by atoms with E-state index in [1.54, 1.807) is 0 Å². The van der Waals surface area contributed by atoms with E-state index >= 15 is 0 Å². The van der Waals surface area contributed by atoms with Crippen LogP contribution < -0.4 is 10.2 Å². The third kappa shape index (κ3) is 22.0. The molecule has 5 heteroatoms. The van der Waals surface area contributed by atoms with Crippen LogP contribution in [-0.2, 0) is 9.59 Å². The van der Waals surface area contributed by atoms with E-state index in [-0.39, 0.29) is 35.7 Å². The van der Waals surface area contributed by atoms with Gasteiger partial charge in [-0.15, -0.1) is 0 Å². The van der Waals surface area contributed by atoms with Crippen molar-refractivity contribution in [1.29, 1.82) is 0 Å². The van der Waals surface area contributed by atoms with Crippen molar-refractivity contribution in [1.82, 2.24) is 0 Å². The topological polar surface area (TPSA) is 80.3 Å².